The topological polar surface area (TPSA) is 73.6 Å². The lowest BCUT2D eigenvalue weighted by Gasteiger charge is -2.19. The van der Waals surface area contributed by atoms with Crippen LogP contribution in [0.1, 0.15) is 18.5 Å². The highest BCUT2D eigenvalue weighted by atomic mass is 16.5. The molecule has 0 aromatic heterocycles. The largest absolute Gasteiger partial charge is 0.497 e. The van der Waals surface area contributed by atoms with Gasteiger partial charge in [0.15, 0.2) is 0 Å². The molecule has 3 atom stereocenters. The van der Waals surface area contributed by atoms with Crippen molar-refractivity contribution in [2.75, 3.05) is 20.3 Å². The lowest BCUT2D eigenvalue weighted by atomic mass is 10.0. The average Bonchev–Trinajstić information content (AvgIpc) is 2.85. The van der Waals surface area contributed by atoms with E-state index >= 15 is 0 Å². The number of methoxy groups -OCH3 is 1. The van der Waals surface area contributed by atoms with Gasteiger partial charge >= 0.3 is 0 Å². The number of hydrogen-bond donors (Lipinski definition) is 2. The molecule has 3 N–H and O–H groups in total. The van der Waals surface area contributed by atoms with Crippen LogP contribution in [-0.2, 0) is 9.53 Å². The molecule has 1 amide bonds. The Morgan fingerprint density at radius 3 is 2.63 bits per heavy atom. The maximum Gasteiger partial charge on any atom is 0.227 e. The van der Waals surface area contributed by atoms with Crippen molar-refractivity contribution in [1.29, 1.82) is 0 Å². The summed E-state index contributed by atoms with van der Waals surface area (Å²) in [5.74, 6) is 0.502. The van der Waals surface area contributed by atoms with E-state index in [-0.39, 0.29) is 23.9 Å². The number of benzene rings is 1. The predicted octanol–water partition coefficient (Wildman–Crippen LogP) is 0.846. The Balaban J connectivity index is 1.95. The van der Waals surface area contributed by atoms with Crippen LogP contribution >= 0.6 is 0 Å². The van der Waals surface area contributed by atoms with Crippen LogP contribution in [0.15, 0.2) is 24.3 Å². The minimum Gasteiger partial charge on any atom is -0.497 e. The van der Waals surface area contributed by atoms with E-state index in [0.717, 1.165) is 11.3 Å². The summed E-state index contributed by atoms with van der Waals surface area (Å²) in [5.41, 5.74) is 6.86. The van der Waals surface area contributed by atoms with Gasteiger partial charge in [-0.05, 0) is 24.6 Å². The Kier molecular flexibility index (Phi) is 4.39. The first-order chi connectivity index (χ1) is 9.11. The zero-order valence-corrected chi connectivity index (χ0v) is 11.3. The maximum absolute atomic E-state index is 12.1. The molecule has 0 bridgehead atoms. The predicted molar refractivity (Wildman–Crippen MR) is 71.8 cm³/mol. The van der Waals surface area contributed by atoms with Gasteiger partial charge in [0.1, 0.15) is 5.75 Å². The summed E-state index contributed by atoms with van der Waals surface area (Å²) in [7, 11) is 1.63. The van der Waals surface area contributed by atoms with Crippen molar-refractivity contribution in [2.45, 2.75) is 19.0 Å². The molecule has 1 aliphatic rings. The van der Waals surface area contributed by atoms with Crippen molar-refractivity contribution in [3.8, 4) is 5.75 Å². The highest BCUT2D eigenvalue weighted by Crippen LogP contribution is 2.19. The quantitative estimate of drug-likeness (QED) is 0.845. The number of rotatable bonds is 4. The normalized spacial score (nSPS) is 23.9. The van der Waals surface area contributed by atoms with Crippen molar-refractivity contribution in [1.82, 2.24) is 5.32 Å². The van der Waals surface area contributed by atoms with Gasteiger partial charge in [-0.1, -0.05) is 12.1 Å². The van der Waals surface area contributed by atoms with Crippen LogP contribution in [0, 0.1) is 5.92 Å². The molecular weight excluding hydrogens is 244 g/mol. The smallest absolute Gasteiger partial charge is 0.227 e. The molecule has 1 saturated heterocycles. The third kappa shape index (κ3) is 3.24. The van der Waals surface area contributed by atoms with Gasteiger partial charge in [-0.3, -0.25) is 4.79 Å². The van der Waals surface area contributed by atoms with Gasteiger partial charge in [0, 0.05) is 6.04 Å². The number of ether oxygens (including phenoxy) is 2. The lowest BCUT2D eigenvalue weighted by molar-refractivity contribution is -0.125. The van der Waals surface area contributed by atoms with Gasteiger partial charge < -0.3 is 20.5 Å². The first-order valence-electron chi connectivity index (χ1n) is 6.39. The number of carbonyl (C=O) groups is 1. The van der Waals surface area contributed by atoms with Crippen molar-refractivity contribution in [3.05, 3.63) is 29.8 Å². The van der Waals surface area contributed by atoms with Crippen molar-refractivity contribution >= 4 is 5.91 Å². The molecule has 19 heavy (non-hydrogen) atoms. The Hall–Kier alpha value is -1.59. The molecule has 5 heteroatoms. The van der Waals surface area contributed by atoms with Crippen LogP contribution in [0.2, 0.25) is 0 Å². The second kappa shape index (κ2) is 6.04. The van der Waals surface area contributed by atoms with Crippen molar-refractivity contribution < 1.29 is 14.3 Å². The second-order valence-electron chi connectivity index (χ2n) is 4.81. The number of carbonyl (C=O) groups excluding carboxylic acids is 1. The van der Waals surface area contributed by atoms with Crippen molar-refractivity contribution in [3.63, 3.8) is 0 Å². The molecule has 1 aliphatic heterocycles. The molecule has 0 spiro atoms. The standard InChI is InChI=1S/C14H20N2O3/c1-9(10-3-5-11(18-2)6-4-10)16-14(17)12-7-19-8-13(12)15/h3-6,9,12-13H,7-8,15H2,1-2H3,(H,16,17)/t9-,12?,13?/m1/s1. The van der Waals surface area contributed by atoms with E-state index in [2.05, 4.69) is 5.32 Å². The van der Waals surface area contributed by atoms with Gasteiger partial charge in [0.25, 0.3) is 0 Å². The molecule has 1 fully saturated rings. The summed E-state index contributed by atoms with van der Waals surface area (Å²) >= 11 is 0. The van der Waals surface area contributed by atoms with E-state index < -0.39 is 0 Å². The highest BCUT2D eigenvalue weighted by Gasteiger charge is 2.31. The zero-order chi connectivity index (χ0) is 13.8. The summed E-state index contributed by atoms with van der Waals surface area (Å²) < 4.78 is 10.3. The summed E-state index contributed by atoms with van der Waals surface area (Å²) in [5, 5.41) is 2.97. The summed E-state index contributed by atoms with van der Waals surface area (Å²) in [6, 6.07) is 7.36. The van der Waals surface area contributed by atoms with Crippen LogP contribution in [0.3, 0.4) is 0 Å². The molecule has 5 nitrogen and oxygen atoms in total. The van der Waals surface area contributed by atoms with E-state index in [0.29, 0.717) is 13.2 Å². The molecule has 0 saturated carbocycles. The molecule has 0 aliphatic carbocycles. The molecule has 1 aromatic carbocycles. The third-order valence-electron chi connectivity index (χ3n) is 3.44. The van der Waals surface area contributed by atoms with Gasteiger partial charge in [-0.25, -0.2) is 0 Å². The highest BCUT2D eigenvalue weighted by molar-refractivity contribution is 5.80. The van der Waals surface area contributed by atoms with Gasteiger partial charge in [0.05, 0.1) is 32.3 Å². The van der Waals surface area contributed by atoms with E-state index in [9.17, 15) is 4.79 Å². The fraction of sp³-hybridized carbons (Fsp3) is 0.500. The van der Waals surface area contributed by atoms with Crippen LogP contribution in [0.4, 0.5) is 0 Å². The molecule has 2 rings (SSSR count). The summed E-state index contributed by atoms with van der Waals surface area (Å²) in [6.45, 7) is 2.80. The minimum absolute atomic E-state index is 0.0479. The fourth-order valence-corrected chi connectivity index (χ4v) is 2.14. The maximum atomic E-state index is 12.1. The van der Waals surface area contributed by atoms with Gasteiger partial charge in [-0.2, -0.15) is 0 Å². The Morgan fingerprint density at radius 2 is 2.11 bits per heavy atom. The average molecular weight is 264 g/mol. The number of nitrogens with two attached hydrogens (primary N) is 1. The molecule has 104 valence electrons. The number of hydrogen-bond acceptors (Lipinski definition) is 4. The first-order valence-corrected chi connectivity index (χ1v) is 6.39. The van der Waals surface area contributed by atoms with Crippen molar-refractivity contribution in [2.24, 2.45) is 11.7 Å². The van der Waals surface area contributed by atoms with Crippen LogP contribution in [0.5, 0.6) is 5.75 Å². The number of nitrogens with one attached hydrogen (secondary N) is 1. The molecule has 0 radical (unpaired) electrons. The zero-order valence-electron chi connectivity index (χ0n) is 11.3. The third-order valence-corrected chi connectivity index (χ3v) is 3.44. The monoisotopic (exact) mass is 264 g/mol. The van der Waals surface area contributed by atoms with Crippen LogP contribution in [-0.4, -0.2) is 32.3 Å². The second-order valence-corrected chi connectivity index (χ2v) is 4.81. The van der Waals surface area contributed by atoms with E-state index in [1.165, 1.54) is 0 Å². The SMILES string of the molecule is COc1ccc([C@@H](C)NC(=O)C2COCC2N)cc1. The molecule has 1 aromatic rings. The lowest BCUT2D eigenvalue weighted by Crippen LogP contribution is -2.41. The Morgan fingerprint density at radius 1 is 1.42 bits per heavy atom. The summed E-state index contributed by atoms with van der Waals surface area (Å²) in [4.78, 5) is 12.1. The van der Waals surface area contributed by atoms with Gasteiger partial charge in [0.2, 0.25) is 5.91 Å². The Bertz CT molecular complexity index is 433. The fourth-order valence-electron chi connectivity index (χ4n) is 2.14. The van der Waals surface area contributed by atoms with E-state index in [1.54, 1.807) is 7.11 Å². The van der Waals surface area contributed by atoms with Gasteiger partial charge in [-0.15, -0.1) is 0 Å². The Labute approximate surface area is 113 Å². The summed E-state index contributed by atoms with van der Waals surface area (Å²) in [6.07, 6.45) is 0. The first kappa shape index (κ1) is 13.8. The molecular formula is C14H20N2O3. The molecule has 2 unspecified atom stereocenters. The van der Waals surface area contributed by atoms with Crippen LogP contribution < -0.4 is 15.8 Å². The number of amides is 1. The minimum atomic E-state index is -0.249. The van der Waals surface area contributed by atoms with E-state index in [1.807, 2.05) is 31.2 Å². The van der Waals surface area contributed by atoms with Crippen LogP contribution in [0.25, 0.3) is 0 Å². The van der Waals surface area contributed by atoms with E-state index in [4.69, 9.17) is 15.2 Å². The molecule has 1 heterocycles.